The molecule has 0 bridgehead atoms. The van der Waals surface area contributed by atoms with Crippen LogP contribution in [0.5, 0.6) is 0 Å². The normalized spacial score (nSPS) is 9.24. The summed E-state index contributed by atoms with van der Waals surface area (Å²) < 4.78 is 54.3. The summed E-state index contributed by atoms with van der Waals surface area (Å²) in [6.07, 6.45) is 6.74. The van der Waals surface area contributed by atoms with Crippen LogP contribution in [0.25, 0.3) is 11.4 Å². The Morgan fingerprint density at radius 2 is 0.714 bits per heavy atom. The number of hydrogen-bond acceptors (Lipinski definition) is 0. The molecule has 0 amide bonds. The molecule has 7 aromatic rings. The fourth-order valence-electron chi connectivity index (χ4n) is 3.22. The van der Waals surface area contributed by atoms with Crippen LogP contribution >= 0.6 is 0 Å². The number of halogens is 4. The van der Waals surface area contributed by atoms with Gasteiger partial charge >= 0.3 is 0 Å². The molecule has 0 spiro atoms. The van der Waals surface area contributed by atoms with Crippen molar-refractivity contribution >= 4 is 0 Å². The molecule has 0 saturated heterocycles. The van der Waals surface area contributed by atoms with E-state index in [4.69, 9.17) is 0 Å². The quantitative estimate of drug-likeness (QED) is 0.107. The molecule has 0 fully saturated rings. The zero-order valence-corrected chi connectivity index (χ0v) is 24.1. The first-order valence-corrected chi connectivity index (χ1v) is 12.6. The molecule has 2 heterocycles. The van der Waals surface area contributed by atoms with Gasteiger partial charge in [0.15, 0.2) is 0 Å². The van der Waals surface area contributed by atoms with Crippen LogP contribution in [0.2, 0.25) is 0 Å². The van der Waals surface area contributed by atoms with E-state index < -0.39 is 23.3 Å². The summed E-state index contributed by atoms with van der Waals surface area (Å²) in [6.45, 7) is 0. The van der Waals surface area contributed by atoms with Crippen LogP contribution in [0, 0.1) is 35.4 Å². The molecule has 0 N–H and O–H groups in total. The van der Waals surface area contributed by atoms with Gasteiger partial charge in [0.05, 0.1) is 0 Å². The second-order valence-corrected chi connectivity index (χ2v) is 8.08. The van der Waals surface area contributed by atoms with Crippen LogP contribution < -0.4 is 0 Å². The van der Waals surface area contributed by atoms with Crippen LogP contribution in [-0.4, -0.2) is 9.13 Å². The van der Waals surface area contributed by atoms with E-state index in [0.29, 0.717) is 11.4 Å². The van der Waals surface area contributed by atoms with Gasteiger partial charge in [-0.3, -0.25) is 0 Å². The molecule has 2 aromatic heterocycles. The predicted molar refractivity (Wildman–Crippen MR) is 155 cm³/mol. The maximum Gasteiger partial charge on any atom is 0.0368 e. The van der Waals surface area contributed by atoms with Crippen molar-refractivity contribution in [1.29, 1.82) is 0 Å². The Hall–Kier alpha value is -4.52. The number of hydrogen-bond donors (Lipinski definition) is 0. The smallest absolute Gasteiger partial charge is 0.0368 e. The molecule has 0 aliphatic heterocycles. The van der Waals surface area contributed by atoms with Gasteiger partial charge in [-0.15, -0.1) is 36.4 Å². The molecule has 0 saturated carbocycles. The number of rotatable bonds is 2. The van der Waals surface area contributed by atoms with Crippen LogP contribution in [-0.2, 0) is 21.7 Å². The van der Waals surface area contributed by atoms with E-state index in [1.165, 1.54) is 24.3 Å². The number of nitrogens with zero attached hydrogens (tertiary/aromatic N) is 2. The molecule has 0 aliphatic rings. The van der Waals surface area contributed by atoms with E-state index in [0.717, 1.165) is 0 Å². The average Bonchev–Trinajstić information content (AvgIpc) is 3.81. The average molecular weight is 599 g/mol. The van der Waals surface area contributed by atoms with Crippen molar-refractivity contribution in [3.8, 4) is 11.4 Å². The minimum atomic E-state index is -0.687. The van der Waals surface area contributed by atoms with Gasteiger partial charge in [-0.25, -0.2) is 54.0 Å². The Bertz CT molecular complexity index is 1360. The maximum atomic E-state index is 13.1. The maximum absolute atomic E-state index is 13.1. The van der Waals surface area contributed by atoms with Crippen molar-refractivity contribution in [2.24, 2.45) is 0 Å². The van der Waals surface area contributed by atoms with Gasteiger partial charge in [-0.05, 0) is 60.4 Å². The van der Waals surface area contributed by atoms with Gasteiger partial charge < -0.3 is 9.13 Å². The molecule has 7 heteroatoms. The first kappa shape index (κ1) is 33.7. The molecule has 7 rings (SSSR count). The topological polar surface area (TPSA) is 9.86 Å². The first-order chi connectivity index (χ1) is 20.0. The second-order valence-electron chi connectivity index (χ2n) is 8.08. The van der Waals surface area contributed by atoms with Gasteiger partial charge in [0, 0.05) is 45.0 Å². The summed E-state index contributed by atoms with van der Waals surface area (Å²) in [5.74, 6) is -2.74. The third kappa shape index (κ3) is 12.3. The van der Waals surface area contributed by atoms with Crippen LogP contribution in [0.3, 0.4) is 0 Å². The molecule has 2 nitrogen and oxygen atoms in total. The molecule has 42 heavy (non-hydrogen) atoms. The van der Waals surface area contributed by atoms with E-state index in [1.807, 2.05) is 103 Å². The zero-order valence-electron chi connectivity index (χ0n) is 22.5. The van der Waals surface area contributed by atoms with E-state index in [2.05, 4.69) is 0 Å². The second kappa shape index (κ2) is 19.5. The predicted octanol–water partition coefficient (Wildman–Crippen LogP) is 9.33. The summed E-state index contributed by atoms with van der Waals surface area (Å²) in [7, 11) is 0. The Morgan fingerprint density at radius 1 is 0.429 bits per heavy atom. The summed E-state index contributed by atoms with van der Waals surface area (Å²) in [5.41, 5.74) is 0.595. The molecule has 0 radical (unpaired) electrons. The SMILES string of the molecule is Fc1[c-]c(F)c(-n2cccc2)cc1.Fc1[c-]c(F)c(-n2cccc2)cc1.[Ti].c1cc[cH-]c1.c1cc[cH-]c1.c1cc[cH-]c1. The van der Waals surface area contributed by atoms with Crippen molar-refractivity contribution in [1.82, 2.24) is 9.13 Å². The Morgan fingerprint density at radius 3 is 0.929 bits per heavy atom. The first-order valence-electron chi connectivity index (χ1n) is 12.6. The summed E-state index contributed by atoms with van der Waals surface area (Å²) in [6, 6.07) is 46.1. The zero-order chi connectivity index (χ0) is 29.1. The standard InChI is InChI=1S/2C10H6F2N.3C5H5.Ti/c2*11-8-3-4-10(9(12)7-8)13-5-1-2-6-13;3*1-2-4-5-3-1;/h2*1-6H;3*1-5H;/q5*-1;. The molecule has 0 atom stereocenters. The summed E-state index contributed by atoms with van der Waals surface area (Å²) in [5, 5.41) is 0. The largest absolute Gasteiger partial charge is 0.375 e. The Labute approximate surface area is 258 Å². The van der Waals surface area contributed by atoms with Crippen LogP contribution in [0.4, 0.5) is 17.6 Å². The van der Waals surface area contributed by atoms with Gasteiger partial charge in [-0.1, -0.05) is 0 Å². The van der Waals surface area contributed by atoms with Crippen LogP contribution in [0.15, 0.2) is 164 Å². The monoisotopic (exact) mass is 599 g/mol. The molecule has 0 aliphatic carbocycles. The fourth-order valence-corrected chi connectivity index (χ4v) is 3.22. The Kier molecular flexibility index (Phi) is 15.7. The third-order valence-corrected chi connectivity index (χ3v) is 5.12. The van der Waals surface area contributed by atoms with Gasteiger partial charge in [0.1, 0.15) is 0 Å². The number of aromatic nitrogens is 2. The fraction of sp³-hybridized carbons (Fsp3) is 0. The molecule has 214 valence electrons. The van der Waals surface area contributed by atoms with E-state index >= 15 is 0 Å². The van der Waals surface area contributed by atoms with Crippen molar-refractivity contribution in [2.75, 3.05) is 0 Å². The van der Waals surface area contributed by atoms with Crippen molar-refractivity contribution in [3.63, 3.8) is 0 Å². The van der Waals surface area contributed by atoms with Gasteiger partial charge in [0.25, 0.3) is 0 Å². The van der Waals surface area contributed by atoms with Gasteiger partial charge in [-0.2, -0.15) is 54.6 Å². The van der Waals surface area contributed by atoms with Crippen molar-refractivity contribution in [2.45, 2.75) is 0 Å². The van der Waals surface area contributed by atoms with Crippen molar-refractivity contribution in [3.05, 3.63) is 200 Å². The third-order valence-electron chi connectivity index (χ3n) is 5.12. The van der Waals surface area contributed by atoms with E-state index in [1.54, 1.807) is 58.2 Å². The minimum Gasteiger partial charge on any atom is -0.375 e. The number of benzene rings is 2. The summed E-state index contributed by atoms with van der Waals surface area (Å²) >= 11 is 0. The minimum absolute atomic E-state index is 0. The van der Waals surface area contributed by atoms with Crippen molar-refractivity contribution < 1.29 is 39.3 Å². The van der Waals surface area contributed by atoms with E-state index in [9.17, 15) is 17.6 Å². The van der Waals surface area contributed by atoms with Crippen LogP contribution in [0.1, 0.15) is 0 Å². The Balaban J connectivity index is 0.000000196. The molecular weight excluding hydrogens is 572 g/mol. The molecular formula is C35H27F4N2Ti-5. The summed E-state index contributed by atoms with van der Waals surface area (Å²) in [4.78, 5) is 0. The van der Waals surface area contributed by atoms with Gasteiger partial charge in [0.2, 0.25) is 0 Å². The molecule has 0 unspecified atom stereocenters. The van der Waals surface area contributed by atoms with E-state index in [-0.39, 0.29) is 21.7 Å². The molecule has 5 aromatic carbocycles.